The maximum absolute atomic E-state index is 3.88. The summed E-state index contributed by atoms with van der Waals surface area (Å²) < 4.78 is 0. The van der Waals surface area contributed by atoms with Gasteiger partial charge in [-0.25, -0.2) is 0 Å². The molecular weight excluding hydrogens is 142 g/mol. The van der Waals surface area contributed by atoms with Crippen LogP contribution in [0.2, 0.25) is 0 Å². The average molecular weight is 149 g/mol. The molecule has 1 heterocycles. The molecule has 0 fully saturated rings. The Hall–Kier alpha value is -0.940. The van der Waals surface area contributed by atoms with E-state index in [1.165, 1.54) is 11.8 Å². The molecule has 50 valence electrons. The summed E-state index contributed by atoms with van der Waals surface area (Å²) in [5.41, 5.74) is 1.02. The molecule has 1 aromatic heterocycles. The van der Waals surface area contributed by atoms with Crippen LogP contribution in [0.15, 0.2) is 24.5 Å². The summed E-state index contributed by atoms with van der Waals surface area (Å²) in [5, 5.41) is 2.90. The maximum atomic E-state index is 3.88. The Bertz CT molecular complexity index is 245. The highest BCUT2D eigenvalue weighted by atomic mass is 32.2. The third-order valence-corrected chi connectivity index (χ3v) is 1.28. The van der Waals surface area contributed by atoms with Crippen molar-refractivity contribution in [3.8, 4) is 11.2 Å². The number of hydrogen-bond donors (Lipinski definition) is 0. The largest absolute Gasteiger partial charge is 0.265 e. The first-order valence-corrected chi connectivity index (χ1v) is 4.10. The molecule has 0 saturated carbocycles. The predicted molar refractivity (Wildman–Crippen MR) is 44.6 cm³/mol. The second-order valence-corrected chi connectivity index (χ2v) is 2.28. The van der Waals surface area contributed by atoms with E-state index < -0.39 is 0 Å². The second-order valence-electron chi connectivity index (χ2n) is 1.67. The molecule has 0 aliphatic heterocycles. The number of rotatable bonds is 0. The Morgan fingerprint density at radius 3 is 2.70 bits per heavy atom. The molecule has 1 rings (SSSR count). The van der Waals surface area contributed by atoms with Crippen molar-refractivity contribution in [2.45, 2.75) is 0 Å². The lowest BCUT2D eigenvalue weighted by atomic mass is 10.3. The Kier molecular flexibility index (Phi) is 2.85. The van der Waals surface area contributed by atoms with Crippen molar-refractivity contribution in [3.63, 3.8) is 0 Å². The summed E-state index contributed by atoms with van der Waals surface area (Å²) in [6.45, 7) is 0. The number of pyridine rings is 1. The van der Waals surface area contributed by atoms with Gasteiger partial charge in [0.15, 0.2) is 0 Å². The highest BCUT2D eigenvalue weighted by Crippen LogP contribution is 1.94. The summed E-state index contributed by atoms with van der Waals surface area (Å²) in [5.74, 6) is 2.97. The Morgan fingerprint density at radius 1 is 1.40 bits per heavy atom. The minimum atomic E-state index is 1.02. The van der Waals surface area contributed by atoms with Crippen LogP contribution in [0, 0.1) is 11.2 Å². The van der Waals surface area contributed by atoms with Gasteiger partial charge >= 0.3 is 0 Å². The fourth-order valence-electron chi connectivity index (χ4n) is 0.545. The zero-order valence-corrected chi connectivity index (χ0v) is 6.48. The van der Waals surface area contributed by atoms with E-state index in [0.29, 0.717) is 0 Å². The second kappa shape index (κ2) is 3.97. The molecule has 0 unspecified atom stereocenters. The smallest absolute Gasteiger partial charge is 0.0284 e. The Morgan fingerprint density at radius 2 is 2.10 bits per heavy atom. The standard InChI is InChI=1S/C8H7NS/c1-10-7-4-8-2-5-9-6-3-8/h2-3,5-6H,1H3. The number of aromatic nitrogens is 1. The van der Waals surface area contributed by atoms with E-state index in [2.05, 4.69) is 16.2 Å². The molecule has 0 spiro atoms. The molecule has 1 aromatic rings. The highest BCUT2D eigenvalue weighted by molar-refractivity contribution is 8.03. The number of thioether (sulfide) groups is 1. The summed E-state index contributed by atoms with van der Waals surface area (Å²) in [6.07, 6.45) is 5.43. The summed E-state index contributed by atoms with van der Waals surface area (Å²) in [7, 11) is 0. The zero-order chi connectivity index (χ0) is 7.23. The fraction of sp³-hybridized carbons (Fsp3) is 0.125. The minimum Gasteiger partial charge on any atom is -0.265 e. The van der Waals surface area contributed by atoms with Gasteiger partial charge in [-0.2, -0.15) is 0 Å². The summed E-state index contributed by atoms with van der Waals surface area (Å²) >= 11 is 1.51. The molecule has 10 heavy (non-hydrogen) atoms. The molecule has 0 saturated heterocycles. The van der Waals surface area contributed by atoms with Crippen LogP contribution in [0.5, 0.6) is 0 Å². The first kappa shape index (κ1) is 7.17. The third-order valence-electron chi connectivity index (χ3n) is 0.978. The Balaban J connectivity index is 2.76. The number of hydrogen-bond acceptors (Lipinski definition) is 2. The molecule has 0 bridgehead atoms. The van der Waals surface area contributed by atoms with E-state index >= 15 is 0 Å². The molecule has 0 atom stereocenters. The van der Waals surface area contributed by atoms with Crippen molar-refractivity contribution in [2.24, 2.45) is 0 Å². The van der Waals surface area contributed by atoms with Crippen molar-refractivity contribution >= 4 is 11.8 Å². The normalized spacial score (nSPS) is 8.10. The molecule has 2 heteroatoms. The highest BCUT2D eigenvalue weighted by Gasteiger charge is 1.79. The lowest BCUT2D eigenvalue weighted by Gasteiger charge is -1.83. The van der Waals surface area contributed by atoms with Gasteiger partial charge in [0, 0.05) is 18.0 Å². The van der Waals surface area contributed by atoms with Gasteiger partial charge in [-0.05, 0) is 23.6 Å². The van der Waals surface area contributed by atoms with Gasteiger partial charge in [0.1, 0.15) is 0 Å². The molecule has 0 aliphatic rings. The van der Waals surface area contributed by atoms with Gasteiger partial charge in [0.2, 0.25) is 0 Å². The lowest BCUT2D eigenvalue weighted by Crippen LogP contribution is -1.72. The zero-order valence-electron chi connectivity index (χ0n) is 5.66. The molecule has 0 aliphatic carbocycles. The van der Waals surface area contributed by atoms with Crippen LogP contribution in [-0.4, -0.2) is 11.2 Å². The molecule has 0 amide bonds. The van der Waals surface area contributed by atoms with E-state index in [0.717, 1.165) is 5.56 Å². The SMILES string of the molecule is CSC#Cc1ccncc1. The van der Waals surface area contributed by atoms with Crippen molar-refractivity contribution in [2.75, 3.05) is 6.26 Å². The fourth-order valence-corrected chi connectivity index (χ4v) is 0.765. The van der Waals surface area contributed by atoms with Crippen molar-refractivity contribution in [1.82, 2.24) is 4.98 Å². The van der Waals surface area contributed by atoms with Crippen molar-refractivity contribution in [1.29, 1.82) is 0 Å². The third kappa shape index (κ3) is 2.12. The molecule has 0 aromatic carbocycles. The quantitative estimate of drug-likeness (QED) is 0.521. The van der Waals surface area contributed by atoms with Crippen LogP contribution >= 0.6 is 11.8 Å². The van der Waals surface area contributed by atoms with Gasteiger partial charge in [0.05, 0.1) is 0 Å². The van der Waals surface area contributed by atoms with Crippen LogP contribution in [0.25, 0.3) is 0 Å². The average Bonchev–Trinajstić information content (AvgIpc) is 2.03. The van der Waals surface area contributed by atoms with E-state index in [1.54, 1.807) is 12.4 Å². The number of nitrogens with zero attached hydrogens (tertiary/aromatic N) is 1. The van der Waals surface area contributed by atoms with E-state index in [-0.39, 0.29) is 0 Å². The van der Waals surface area contributed by atoms with Gasteiger partial charge in [-0.1, -0.05) is 17.7 Å². The molecular formula is C8H7NS. The van der Waals surface area contributed by atoms with Crippen molar-refractivity contribution < 1.29 is 0 Å². The Labute approximate surface area is 64.9 Å². The van der Waals surface area contributed by atoms with Gasteiger partial charge in [-0.15, -0.1) is 0 Å². The molecule has 0 N–H and O–H groups in total. The van der Waals surface area contributed by atoms with Crippen LogP contribution in [0.4, 0.5) is 0 Å². The van der Waals surface area contributed by atoms with E-state index in [4.69, 9.17) is 0 Å². The minimum absolute atomic E-state index is 1.02. The predicted octanol–water partition coefficient (Wildman–Crippen LogP) is 1.75. The van der Waals surface area contributed by atoms with Gasteiger partial charge in [0.25, 0.3) is 0 Å². The van der Waals surface area contributed by atoms with Crippen LogP contribution in [0.1, 0.15) is 5.56 Å². The lowest BCUT2D eigenvalue weighted by molar-refractivity contribution is 1.32. The van der Waals surface area contributed by atoms with E-state index in [9.17, 15) is 0 Å². The summed E-state index contributed by atoms with van der Waals surface area (Å²) in [6, 6.07) is 3.78. The topological polar surface area (TPSA) is 12.9 Å². The van der Waals surface area contributed by atoms with Gasteiger partial charge in [-0.3, -0.25) is 4.98 Å². The monoisotopic (exact) mass is 149 g/mol. The van der Waals surface area contributed by atoms with E-state index in [1.807, 2.05) is 18.4 Å². The molecule has 1 nitrogen and oxygen atoms in total. The summed E-state index contributed by atoms with van der Waals surface area (Å²) in [4.78, 5) is 3.88. The van der Waals surface area contributed by atoms with Gasteiger partial charge < -0.3 is 0 Å². The van der Waals surface area contributed by atoms with Crippen LogP contribution in [0.3, 0.4) is 0 Å². The van der Waals surface area contributed by atoms with Crippen molar-refractivity contribution in [3.05, 3.63) is 30.1 Å². The van der Waals surface area contributed by atoms with Crippen LogP contribution < -0.4 is 0 Å². The first-order valence-electron chi connectivity index (χ1n) is 2.87. The maximum Gasteiger partial charge on any atom is 0.0284 e. The first-order chi connectivity index (χ1) is 4.93. The van der Waals surface area contributed by atoms with Crippen LogP contribution in [-0.2, 0) is 0 Å². The molecule has 0 radical (unpaired) electrons.